The monoisotopic (exact) mass is 242 g/mol. The molecule has 0 aliphatic heterocycles. The molecule has 4 heteroatoms. The Kier molecular flexibility index (Phi) is 5.02. The molecule has 2 nitrogen and oxygen atoms in total. The number of hydrogen-bond donors (Lipinski definition) is 2. The average molecular weight is 242 g/mol. The molecule has 0 saturated carbocycles. The van der Waals surface area contributed by atoms with Crippen LogP contribution in [0.3, 0.4) is 0 Å². The van der Waals surface area contributed by atoms with Crippen LogP contribution < -0.4 is 10.6 Å². The predicted octanol–water partition coefficient (Wildman–Crippen LogP) is 2.09. The molecule has 0 aliphatic rings. The summed E-state index contributed by atoms with van der Waals surface area (Å²) in [7, 11) is 1.88. The highest BCUT2D eigenvalue weighted by Gasteiger charge is 2.15. The SMILES string of the molecule is CNCC(C)(C)NCCc1cc(F)ccc1F. The van der Waals surface area contributed by atoms with Gasteiger partial charge in [0.05, 0.1) is 0 Å². The fourth-order valence-corrected chi connectivity index (χ4v) is 1.77. The van der Waals surface area contributed by atoms with E-state index in [-0.39, 0.29) is 11.4 Å². The van der Waals surface area contributed by atoms with Crippen LogP contribution >= 0.6 is 0 Å². The predicted molar refractivity (Wildman–Crippen MR) is 66.1 cm³/mol. The van der Waals surface area contributed by atoms with Gasteiger partial charge in [-0.15, -0.1) is 0 Å². The second-order valence-corrected chi connectivity index (χ2v) is 4.83. The first-order valence-electron chi connectivity index (χ1n) is 5.78. The lowest BCUT2D eigenvalue weighted by atomic mass is 10.0. The van der Waals surface area contributed by atoms with Crippen molar-refractivity contribution in [2.24, 2.45) is 0 Å². The minimum atomic E-state index is -0.393. The highest BCUT2D eigenvalue weighted by molar-refractivity contribution is 5.19. The van der Waals surface area contributed by atoms with Crippen molar-refractivity contribution in [3.05, 3.63) is 35.4 Å². The van der Waals surface area contributed by atoms with Gasteiger partial charge in [-0.1, -0.05) is 0 Å². The van der Waals surface area contributed by atoms with Crippen LogP contribution in [0.25, 0.3) is 0 Å². The van der Waals surface area contributed by atoms with Crippen LogP contribution in [0.4, 0.5) is 8.78 Å². The van der Waals surface area contributed by atoms with E-state index in [4.69, 9.17) is 0 Å². The molecular weight excluding hydrogens is 222 g/mol. The summed E-state index contributed by atoms with van der Waals surface area (Å²) in [4.78, 5) is 0. The molecule has 0 saturated heterocycles. The molecule has 0 bridgehead atoms. The molecule has 0 fully saturated rings. The first-order valence-corrected chi connectivity index (χ1v) is 5.78. The van der Waals surface area contributed by atoms with E-state index in [2.05, 4.69) is 24.5 Å². The lowest BCUT2D eigenvalue weighted by molar-refractivity contribution is 0.377. The van der Waals surface area contributed by atoms with Crippen LogP contribution in [-0.2, 0) is 6.42 Å². The summed E-state index contributed by atoms with van der Waals surface area (Å²) in [5, 5.41) is 6.38. The number of hydrogen-bond acceptors (Lipinski definition) is 2. The maximum atomic E-state index is 13.3. The van der Waals surface area contributed by atoms with Crippen molar-refractivity contribution < 1.29 is 8.78 Å². The lowest BCUT2D eigenvalue weighted by Crippen LogP contribution is -2.47. The summed E-state index contributed by atoms with van der Waals surface area (Å²) in [6, 6.07) is 3.56. The molecule has 0 unspecified atom stereocenters. The summed E-state index contributed by atoms with van der Waals surface area (Å²) in [6.45, 7) is 5.56. The van der Waals surface area contributed by atoms with Gasteiger partial charge in [0.2, 0.25) is 0 Å². The van der Waals surface area contributed by atoms with Crippen LogP contribution in [0.2, 0.25) is 0 Å². The number of halogens is 2. The van der Waals surface area contributed by atoms with E-state index in [1.54, 1.807) is 0 Å². The summed E-state index contributed by atoms with van der Waals surface area (Å²) < 4.78 is 26.3. The average Bonchev–Trinajstić information content (AvgIpc) is 2.23. The second kappa shape index (κ2) is 6.07. The zero-order chi connectivity index (χ0) is 12.9. The molecule has 0 aromatic heterocycles. The second-order valence-electron chi connectivity index (χ2n) is 4.83. The fourth-order valence-electron chi connectivity index (χ4n) is 1.77. The molecule has 0 spiro atoms. The Morgan fingerprint density at radius 2 is 1.94 bits per heavy atom. The summed E-state index contributed by atoms with van der Waals surface area (Å²) in [5.41, 5.74) is 0.358. The minimum absolute atomic E-state index is 0.0570. The standard InChI is InChI=1S/C13H20F2N2/c1-13(2,9-16-3)17-7-6-10-8-11(14)4-5-12(10)15/h4-5,8,16-17H,6-7,9H2,1-3H3. The van der Waals surface area contributed by atoms with E-state index < -0.39 is 5.82 Å². The van der Waals surface area contributed by atoms with Gasteiger partial charge < -0.3 is 10.6 Å². The maximum absolute atomic E-state index is 13.3. The quantitative estimate of drug-likeness (QED) is 0.798. The summed E-state index contributed by atoms with van der Waals surface area (Å²) in [5.74, 6) is -0.740. The van der Waals surface area contributed by atoms with Gasteiger partial charge in [0.1, 0.15) is 11.6 Å². The van der Waals surface area contributed by atoms with Crippen LogP contribution in [0, 0.1) is 11.6 Å². The normalized spacial score (nSPS) is 11.8. The van der Waals surface area contributed by atoms with Gasteiger partial charge in [-0.25, -0.2) is 8.78 Å². The van der Waals surface area contributed by atoms with Gasteiger partial charge in [0.15, 0.2) is 0 Å². The van der Waals surface area contributed by atoms with Gasteiger partial charge in [-0.05, 0) is 57.6 Å². The van der Waals surface area contributed by atoms with E-state index in [0.717, 1.165) is 12.6 Å². The van der Waals surface area contributed by atoms with E-state index in [1.165, 1.54) is 12.1 Å². The molecule has 0 radical (unpaired) electrons. The van der Waals surface area contributed by atoms with Crippen molar-refractivity contribution in [2.45, 2.75) is 25.8 Å². The third-order valence-corrected chi connectivity index (χ3v) is 2.62. The highest BCUT2D eigenvalue weighted by Crippen LogP contribution is 2.10. The van der Waals surface area contributed by atoms with Gasteiger partial charge in [-0.2, -0.15) is 0 Å². The Hall–Kier alpha value is -1.00. The third-order valence-electron chi connectivity index (χ3n) is 2.62. The van der Waals surface area contributed by atoms with Gasteiger partial charge in [0, 0.05) is 12.1 Å². The lowest BCUT2D eigenvalue weighted by Gasteiger charge is -2.26. The number of benzene rings is 1. The Bertz CT molecular complexity index is 364. The molecule has 1 aromatic carbocycles. The zero-order valence-electron chi connectivity index (χ0n) is 10.6. The van der Waals surface area contributed by atoms with Crippen LogP contribution in [-0.4, -0.2) is 25.7 Å². The zero-order valence-corrected chi connectivity index (χ0v) is 10.6. The largest absolute Gasteiger partial charge is 0.318 e. The fraction of sp³-hybridized carbons (Fsp3) is 0.538. The molecule has 17 heavy (non-hydrogen) atoms. The van der Waals surface area contributed by atoms with Gasteiger partial charge in [-0.3, -0.25) is 0 Å². The summed E-state index contributed by atoms with van der Waals surface area (Å²) in [6.07, 6.45) is 0.483. The van der Waals surface area contributed by atoms with E-state index in [1.807, 2.05) is 7.05 Å². The molecule has 0 aliphatic carbocycles. The van der Waals surface area contributed by atoms with E-state index >= 15 is 0 Å². The Labute approximate surface area is 101 Å². The Balaban J connectivity index is 2.48. The first kappa shape index (κ1) is 14.1. The smallest absolute Gasteiger partial charge is 0.126 e. The van der Waals surface area contributed by atoms with Crippen molar-refractivity contribution in [1.82, 2.24) is 10.6 Å². The van der Waals surface area contributed by atoms with Crippen molar-refractivity contribution >= 4 is 0 Å². The molecule has 1 aromatic rings. The van der Waals surface area contributed by atoms with Crippen molar-refractivity contribution in [1.29, 1.82) is 0 Å². The van der Waals surface area contributed by atoms with E-state index in [9.17, 15) is 8.78 Å². The van der Waals surface area contributed by atoms with Gasteiger partial charge in [0.25, 0.3) is 0 Å². The molecule has 2 N–H and O–H groups in total. The van der Waals surface area contributed by atoms with Crippen molar-refractivity contribution in [3.8, 4) is 0 Å². The topological polar surface area (TPSA) is 24.1 Å². The maximum Gasteiger partial charge on any atom is 0.126 e. The van der Waals surface area contributed by atoms with Crippen LogP contribution in [0.15, 0.2) is 18.2 Å². The highest BCUT2D eigenvalue weighted by atomic mass is 19.1. The molecule has 0 heterocycles. The molecule has 1 rings (SSSR count). The van der Waals surface area contributed by atoms with Crippen molar-refractivity contribution in [2.75, 3.05) is 20.1 Å². The Morgan fingerprint density at radius 1 is 1.24 bits per heavy atom. The van der Waals surface area contributed by atoms with Crippen LogP contribution in [0.1, 0.15) is 19.4 Å². The molecule has 96 valence electrons. The number of rotatable bonds is 6. The number of nitrogens with one attached hydrogen (secondary N) is 2. The third kappa shape index (κ3) is 4.79. The molecular formula is C13H20F2N2. The molecule has 0 amide bonds. The first-order chi connectivity index (χ1) is 7.94. The van der Waals surface area contributed by atoms with Crippen LogP contribution in [0.5, 0.6) is 0 Å². The van der Waals surface area contributed by atoms with Gasteiger partial charge >= 0.3 is 0 Å². The summed E-state index contributed by atoms with van der Waals surface area (Å²) >= 11 is 0. The van der Waals surface area contributed by atoms with Crippen molar-refractivity contribution in [3.63, 3.8) is 0 Å². The Morgan fingerprint density at radius 3 is 2.59 bits per heavy atom. The minimum Gasteiger partial charge on any atom is -0.318 e. The molecule has 0 atom stereocenters. The van der Waals surface area contributed by atoms with E-state index in [0.29, 0.717) is 18.5 Å². The number of likely N-dealkylation sites (N-methyl/N-ethyl adjacent to an activating group) is 1.